The molecule has 2 N–H and O–H groups in total. The first kappa shape index (κ1) is 16.8. The average Bonchev–Trinajstić information content (AvgIpc) is 3.27. The molecular formula is C19H20BrFN2O2. The molecule has 1 aromatic rings. The van der Waals surface area contributed by atoms with Crippen LogP contribution in [-0.4, -0.2) is 25.0 Å². The van der Waals surface area contributed by atoms with Crippen LogP contribution < -0.4 is 10.6 Å². The van der Waals surface area contributed by atoms with Crippen molar-refractivity contribution < 1.29 is 14.0 Å². The normalized spacial score (nSPS) is 30.5. The Labute approximate surface area is 154 Å². The fourth-order valence-electron chi connectivity index (χ4n) is 4.76. The zero-order valence-electron chi connectivity index (χ0n) is 13.7. The molecule has 2 fully saturated rings. The summed E-state index contributed by atoms with van der Waals surface area (Å²) < 4.78 is 13.4. The third-order valence-electron chi connectivity index (χ3n) is 5.95. The highest BCUT2D eigenvalue weighted by Crippen LogP contribution is 2.72. The van der Waals surface area contributed by atoms with E-state index in [1.54, 1.807) is 0 Å². The van der Waals surface area contributed by atoms with E-state index in [-0.39, 0.29) is 41.5 Å². The van der Waals surface area contributed by atoms with Gasteiger partial charge in [0, 0.05) is 16.7 Å². The lowest BCUT2D eigenvalue weighted by Crippen LogP contribution is -2.42. The molecule has 2 bridgehead atoms. The lowest BCUT2D eigenvalue weighted by Gasteiger charge is -2.26. The molecule has 2 saturated carbocycles. The molecule has 132 valence electrons. The molecule has 0 heterocycles. The summed E-state index contributed by atoms with van der Waals surface area (Å²) in [5, 5.41) is 5.60. The Hall–Kier alpha value is -1.69. The Morgan fingerprint density at radius 3 is 2.24 bits per heavy atom. The molecule has 0 radical (unpaired) electrons. The molecule has 3 aliphatic carbocycles. The van der Waals surface area contributed by atoms with Gasteiger partial charge in [-0.05, 0) is 54.4 Å². The highest BCUT2D eigenvalue weighted by molar-refractivity contribution is 9.10. The Kier molecular flexibility index (Phi) is 4.18. The standard InChI is InChI=1S/C19H20BrFN2O2/c20-11-1-3-12(4-2-11)23-18(25)16-14-6-5-13(19(14)7-8-19)15(16)17(24)22-10-9-21/h1-6,13-16H,7-10H2,(H,22,24)(H,23,25)/t13-,14-,15-,16-/m0/s1. The summed E-state index contributed by atoms with van der Waals surface area (Å²) >= 11 is 3.37. The van der Waals surface area contributed by atoms with Crippen LogP contribution in [0.15, 0.2) is 40.9 Å². The van der Waals surface area contributed by atoms with Crippen LogP contribution in [0.1, 0.15) is 12.8 Å². The van der Waals surface area contributed by atoms with E-state index in [1.165, 1.54) is 0 Å². The molecule has 6 heteroatoms. The van der Waals surface area contributed by atoms with Crippen LogP contribution in [0.3, 0.4) is 0 Å². The van der Waals surface area contributed by atoms with Crippen LogP contribution in [0.2, 0.25) is 0 Å². The number of alkyl halides is 1. The van der Waals surface area contributed by atoms with Crippen molar-refractivity contribution in [3.63, 3.8) is 0 Å². The molecule has 0 unspecified atom stereocenters. The Bertz CT molecular complexity index is 729. The Morgan fingerprint density at radius 1 is 1.08 bits per heavy atom. The van der Waals surface area contributed by atoms with Gasteiger partial charge >= 0.3 is 0 Å². The summed E-state index contributed by atoms with van der Waals surface area (Å²) in [5.41, 5.74) is 0.798. The second-order valence-corrected chi connectivity index (χ2v) is 8.11. The quantitative estimate of drug-likeness (QED) is 0.736. The van der Waals surface area contributed by atoms with Crippen LogP contribution in [0.5, 0.6) is 0 Å². The minimum atomic E-state index is -0.594. The van der Waals surface area contributed by atoms with Gasteiger partial charge in [-0.15, -0.1) is 0 Å². The van der Waals surface area contributed by atoms with Crippen molar-refractivity contribution >= 4 is 33.4 Å². The minimum Gasteiger partial charge on any atom is -0.353 e. The van der Waals surface area contributed by atoms with E-state index in [0.29, 0.717) is 5.69 Å². The van der Waals surface area contributed by atoms with E-state index >= 15 is 0 Å². The summed E-state index contributed by atoms with van der Waals surface area (Å²) in [6.07, 6.45) is 6.33. The van der Waals surface area contributed by atoms with Gasteiger partial charge in [0.15, 0.2) is 0 Å². The summed E-state index contributed by atoms with van der Waals surface area (Å²) in [6.45, 7) is -0.590. The SMILES string of the molecule is O=C(NCCF)[C@@H]1[C@@H](C(=O)Nc2ccc(Br)cc2)[C@@H]2C=C[C@@H]1C21CC1. The molecular weight excluding hydrogens is 387 g/mol. The van der Waals surface area contributed by atoms with E-state index in [4.69, 9.17) is 0 Å². The number of amides is 2. The molecule has 2 amide bonds. The van der Waals surface area contributed by atoms with Crippen molar-refractivity contribution in [2.45, 2.75) is 12.8 Å². The Balaban J connectivity index is 1.57. The van der Waals surface area contributed by atoms with Crippen molar-refractivity contribution in [1.82, 2.24) is 5.32 Å². The number of hydrogen-bond donors (Lipinski definition) is 2. The number of rotatable bonds is 5. The summed E-state index contributed by atoms with van der Waals surface area (Å²) in [6, 6.07) is 7.39. The minimum absolute atomic E-state index is 0.00445. The fraction of sp³-hybridized carbons (Fsp3) is 0.474. The first-order valence-electron chi connectivity index (χ1n) is 8.65. The van der Waals surface area contributed by atoms with E-state index in [2.05, 4.69) is 38.7 Å². The number of hydrogen-bond acceptors (Lipinski definition) is 2. The van der Waals surface area contributed by atoms with Gasteiger partial charge in [0.05, 0.1) is 11.8 Å². The van der Waals surface area contributed by atoms with Crippen molar-refractivity contribution in [2.24, 2.45) is 29.1 Å². The van der Waals surface area contributed by atoms with Crippen LogP contribution >= 0.6 is 15.9 Å². The highest BCUT2D eigenvalue weighted by atomic mass is 79.9. The molecule has 0 aromatic heterocycles. The second kappa shape index (κ2) is 6.24. The molecule has 4 rings (SSSR count). The predicted octanol–water partition coefficient (Wildman–Crippen LogP) is 3.30. The first-order chi connectivity index (χ1) is 12.1. The maximum absolute atomic E-state index is 13.0. The van der Waals surface area contributed by atoms with Crippen LogP contribution in [0, 0.1) is 29.1 Å². The van der Waals surface area contributed by atoms with Crippen molar-refractivity contribution in [2.75, 3.05) is 18.5 Å². The van der Waals surface area contributed by atoms with Gasteiger partial charge in [-0.2, -0.15) is 0 Å². The van der Waals surface area contributed by atoms with Gasteiger partial charge in [-0.25, -0.2) is 4.39 Å². The summed E-state index contributed by atoms with van der Waals surface area (Å²) in [7, 11) is 0. The van der Waals surface area contributed by atoms with Gasteiger partial charge in [0.2, 0.25) is 11.8 Å². The lowest BCUT2D eigenvalue weighted by atomic mass is 9.81. The average molecular weight is 407 g/mol. The summed E-state index contributed by atoms with van der Waals surface area (Å²) in [4.78, 5) is 25.6. The number of anilines is 1. The zero-order chi connectivity index (χ0) is 17.6. The van der Waals surface area contributed by atoms with E-state index in [0.717, 1.165) is 17.3 Å². The molecule has 0 aliphatic heterocycles. The predicted molar refractivity (Wildman–Crippen MR) is 96.5 cm³/mol. The van der Waals surface area contributed by atoms with Gasteiger partial charge < -0.3 is 10.6 Å². The molecule has 4 atom stereocenters. The monoisotopic (exact) mass is 406 g/mol. The van der Waals surface area contributed by atoms with Crippen LogP contribution in [0.25, 0.3) is 0 Å². The smallest absolute Gasteiger partial charge is 0.228 e. The van der Waals surface area contributed by atoms with Crippen molar-refractivity contribution in [3.05, 3.63) is 40.9 Å². The van der Waals surface area contributed by atoms with Crippen molar-refractivity contribution in [1.29, 1.82) is 0 Å². The fourth-order valence-corrected chi connectivity index (χ4v) is 5.02. The molecule has 3 aliphatic rings. The molecule has 0 saturated heterocycles. The maximum Gasteiger partial charge on any atom is 0.228 e. The van der Waals surface area contributed by atoms with Crippen LogP contribution in [0.4, 0.5) is 10.1 Å². The Morgan fingerprint density at radius 2 is 1.68 bits per heavy atom. The number of nitrogens with one attached hydrogen (secondary N) is 2. The van der Waals surface area contributed by atoms with E-state index in [9.17, 15) is 14.0 Å². The molecule has 25 heavy (non-hydrogen) atoms. The van der Waals surface area contributed by atoms with Gasteiger partial charge in [-0.3, -0.25) is 9.59 Å². The molecule has 4 nitrogen and oxygen atoms in total. The number of carbonyl (C=O) groups is 2. The number of allylic oxidation sites excluding steroid dienone is 2. The van der Waals surface area contributed by atoms with Gasteiger partial charge in [0.1, 0.15) is 6.67 Å². The van der Waals surface area contributed by atoms with E-state index in [1.807, 2.05) is 24.3 Å². The topological polar surface area (TPSA) is 58.2 Å². The third kappa shape index (κ3) is 2.71. The first-order valence-corrected chi connectivity index (χ1v) is 9.44. The maximum atomic E-state index is 13.0. The summed E-state index contributed by atoms with van der Waals surface area (Å²) in [5.74, 6) is -0.908. The van der Waals surface area contributed by atoms with Crippen molar-refractivity contribution in [3.8, 4) is 0 Å². The van der Waals surface area contributed by atoms with Gasteiger partial charge in [-0.1, -0.05) is 28.1 Å². The van der Waals surface area contributed by atoms with E-state index < -0.39 is 12.6 Å². The zero-order valence-corrected chi connectivity index (χ0v) is 15.3. The molecule has 1 aromatic carbocycles. The lowest BCUT2D eigenvalue weighted by molar-refractivity contribution is -0.132. The number of carbonyl (C=O) groups excluding carboxylic acids is 2. The second-order valence-electron chi connectivity index (χ2n) is 7.20. The number of halogens is 2. The van der Waals surface area contributed by atoms with Gasteiger partial charge in [0.25, 0.3) is 0 Å². The molecule has 1 spiro atoms. The third-order valence-corrected chi connectivity index (χ3v) is 6.48. The highest BCUT2D eigenvalue weighted by Gasteiger charge is 2.69. The van der Waals surface area contributed by atoms with Crippen LogP contribution in [-0.2, 0) is 9.59 Å². The largest absolute Gasteiger partial charge is 0.353 e. The number of benzene rings is 1.